The minimum atomic E-state index is -0.517. The molecule has 2 aliphatic heterocycles. The molecule has 3 rings (SSSR count). The van der Waals surface area contributed by atoms with Gasteiger partial charge in [0.2, 0.25) is 0 Å². The maximum absolute atomic E-state index is 11.4. The third kappa shape index (κ3) is 3.44. The van der Waals surface area contributed by atoms with Crippen molar-refractivity contribution in [1.29, 1.82) is 0 Å². The van der Waals surface area contributed by atoms with Crippen molar-refractivity contribution in [3.63, 3.8) is 0 Å². The number of nitrogens with one attached hydrogen (secondary N) is 1. The van der Waals surface area contributed by atoms with E-state index in [2.05, 4.69) is 21.8 Å². The quantitative estimate of drug-likeness (QED) is 0.599. The van der Waals surface area contributed by atoms with Crippen LogP contribution in [0.5, 0.6) is 0 Å². The lowest BCUT2D eigenvalue weighted by Gasteiger charge is -2.35. The van der Waals surface area contributed by atoms with E-state index in [0.717, 1.165) is 57.0 Å². The maximum atomic E-state index is 11.4. The zero-order valence-electron chi connectivity index (χ0n) is 12.8. The number of amides is 1. The largest absolute Gasteiger partial charge is 0.374 e. The Balaban J connectivity index is 1.63. The maximum Gasteiger partial charge on any atom is 0.276 e. The van der Waals surface area contributed by atoms with Gasteiger partial charge in [-0.2, -0.15) is 0 Å². The first-order valence-corrected chi connectivity index (χ1v) is 7.60. The summed E-state index contributed by atoms with van der Waals surface area (Å²) in [5.74, 6) is -0.517. The predicted molar refractivity (Wildman–Crippen MR) is 79.7 cm³/mol. The Morgan fingerprint density at radius 1 is 1.55 bits per heavy atom. The molecule has 7 nitrogen and oxygen atoms in total. The zero-order valence-corrected chi connectivity index (χ0v) is 12.8. The molecule has 0 aliphatic carbocycles. The Bertz CT molecular complexity index is 552. The van der Waals surface area contributed by atoms with Gasteiger partial charge in [-0.15, -0.1) is 0 Å². The lowest BCUT2D eigenvalue weighted by molar-refractivity contribution is -0.0375. The highest BCUT2D eigenvalue weighted by molar-refractivity contribution is 5.93. The summed E-state index contributed by atoms with van der Waals surface area (Å²) in [7, 11) is 2.12. The van der Waals surface area contributed by atoms with Gasteiger partial charge in [0.05, 0.1) is 24.0 Å². The van der Waals surface area contributed by atoms with Crippen LogP contribution >= 0.6 is 0 Å². The lowest BCUT2D eigenvalue weighted by atomic mass is 10.0. The van der Waals surface area contributed by atoms with Crippen LogP contribution in [0.3, 0.4) is 0 Å². The normalized spacial score (nSPS) is 23.1. The lowest BCUT2D eigenvalue weighted by Crippen LogP contribution is -2.47. The highest BCUT2D eigenvalue weighted by atomic mass is 16.5. The molecule has 1 fully saturated rings. The average molecular weight is 306 g/mol. The van der Waals surface area contributed by atoms with E-state index in [4.69, 9.17) is 9.94 Å². The van der Waals surface area contributed by atoms with E-state index < -0.39 is 5.91 Å². The second-order valence-corrected chi connectivity index (χ2v) is 6.01. The summed E-state index contributed by atoms with van der Waals surface area (Å²) in [5.41, 5.74) is 4.13. The van der Waals surface area contributed by atoms with Crippen molar-refractivity contribution in [3.05, 3.63) is 29.1 Å². The van der Waals surface area contributed by atoms with Gasteiger partial charge in [-0.3, -0.25) is 19.9 Å². The van der Waals surface area contributed by atoms with E-state index in [1.165, 1.54) is 6.20 Å². The summed E-state index contributed by atoms with van der Waals surface area (Å²) < 4.78 is 5.82. The number of fused-ring (bicyclic) bond motifs is 1. The molecule has 1 aromatic heterocycles. The molecule has 22 heavy (non-hydrogen) atoms. The minimum Gasteiger partial charge on any atom is -0.374 e. The standard InChI is InChI=1S/C15H22N4O3/c1-18-4-5-22-13(8-18)9-19-3-2-11-6-12(15(20)17-21)7-16-14(11)10-19/h6-7,13,21H,2-5,8-10H2,1H3,(H,17,20). The van der Waals surface area contributed by atoms with E-state index in [1.807, 2.05) is 6.07 Å². The number of ether oxygens (including phenoxy) is 1. The third-order valence-electron chi connectivity index (χ3n) is 4.30. The van der Waals surface area contributed by atoms with Gasteiger partial charge in [-0.05, 0) is 25.1 Å². The molecule has 3 heterocycles. The monoisotopic (exact) mass is 306 g/mol. The van der Waals surface area contributed by atoms with Crippen molar-refractivity contribution in [2.75, 3.05) is 39.8 Å². The van der Waals surface area contributed by atoms with Crippen LogP contribution < -0.4 is 5.48 Å². The molecule has 1 amide bonds. The number of rotatable bonds is 3. The van der Waals surface area contributed by atoms with Crippen LogP contribution in [0.4, 0.5) is 0 Å². The van der Waals surface area contributed by atoms with Crippen molar-refractivity contribution in [2.24, 2.45) is 0 Å². The zero-order chi connectivity index (χ0) is 15.5. The topological polar surface area (TPSA) is 77.9 Å². The van der Waals surface area contributed by atoms with E-state index in [0.29, 0.717) is 5.56 Å². The number of pyridine rings is 1. The predicted octanol–water partition coefficient (Wildman–Crippen LogP) is -0.111. The van der Waals surface area contributed by atoms with Crippen LogP contribution in [-0.2, 0) is 17.7 Å². The second kappa shape index (κ2) is 6.70. The van der Waals surface area contributed by atoms with E-state index in [1.54, 1.807) is 5.48 Å². The SMILES string of the molecule is CN1CCOC(CN2CCc3cc(C(=O)NO)cnc3C2)C1. The number of hydrogen-bond acceptors (Lipinski definition) is 6. The highest BCUT2D eigenvalue weighted by Gasteiger charge is 2.24. The molecule has 0 radical (unpaired) electrons. The Kier molecular flexibility index (Phi) is 4.68. The minimum absolute atomic E-state index is 0.250. The number of nitrogens with zero attached hydrogens (tertiary/aromatic N) is 3. The molecule has 2 aliphatic rings. The Hall–Kier alpha value is -1.54. The fourth-order valence-electron chi connectivity index (χ4n) is 3.08. The number of aromatic nitrogens is 1. The fraction of sp³-hybridized carbons (Fsp3) is 0.600. The first-order valence-electron chi connectivity index (χ1n) is 7.60. The molecule has 0 saturated carbocycles. The molecule has 2 N–H and O–H groups in total. The summed E-state index contributed by atoms with van der Waals surface area (Å²) in [6.07, 6.45) is 2.62. The van der Waals surface area contributed by atoms with Crippen LogP contribution in [0.25, 0.3) is 0 Å². The molecular weight excluding hydrogens is 284 g/mol. The molecule has 7 heteroatoms. The van der Waals surface area contributed by atoms with Crippen molar-refractivity contribution in [3.8, 4) is 0 Å². The van der Waals surface area contributed by atoms with Gasteiger partial charge in [-0.1, -0.05) is 0 Å². The highest BCUT2D eigenvalue weighted by Crippen LogP contribution is 2.19. The van der Waals surface area contributed by atoms with Crippen molar-refractivity contribution in [2.45, 2.75) is 19.1 Å². The molecule has 120 valence electrons. The number of carbonyl (C=O) groups excluding carboxylic acids is 1. The Morgan fingerprint density at radius 2 is 2.41 bits per heavy atom. The molecule has 1 atom stereocenters. The van der Waals surface area contributed by atoms with Crippen molar-refractivity contribution < 1.29 is 14.7 Å². The third-order valence-corrected chi connectivity index (χ3v) is 4.30. The fourth-order valence-corrected chi connectivity index (χ4v) is 3.08. The van der Waals surface area contributed by atoms with Gasteiger partial charge in [-0.25, -0.2) is 5.48 Å². The molecule has 1 unspecified atom stereocenters. The number of carbonyl (C=O) groups is 1. The van der Waals surface area contributed by atoms with E-state index in [9.17, 15) is 4.79 Å². The summed E-state index contributed by atoms with van der Waals surface area (Å²) >= 11 is 0. The Labute approximate surface area is 129 Å². The van der Waals surface area contributed by atoms with Gasteiger partial charge in [0.25, 0.3) is 5.91 Å². The number of likely N-dealkylation sites (N-methyl/N-ethyl adjacent to an activating group) is 1. The van der Waals surface area contributed by atoms with Crippen LogP contribution in [0.15, 0.2) is 12.3 Å². The van der Waals surface area contributed by atoms with Gasteiger partial charge >= 0.3 is 0 Å². The summed E-state index contributed by atoms with van der Waals surface area (Å²) in [6.45, 7) is 5.37. The van der Waals surface area contributed by atoms with Crippen LogP contribution in [-0.4, -0.2) is 71.8 Å². The summed E-state index contributed by atoms with van der Waals surface area (Å²) in [6, 6.07) is 1.82. The van der Waals surface area contributed by atoms with Gasteiger partial charge in [0.15, 0.2) is 0 Å². The molecular formula is C15H22N4O3. The van der Waals surface area contributed by atoms with Crippen molar-refractivity contribution in [1.82, 2.24) is 20.3 Å². The molecule has 1 aromatic rings. The van der Waals surface area contributed by atoms with Crippen molar-refractivity contribution >= 4 is 5.91 Å². The number of hydrogen-bond donors (Lipinski definition) is 2. The van der Waals surface area contributed by atoms with Crippen LogP contribution in [0.1, 0.15) is 21.6 Å². The van der Waals surface area contributed by atoms with E-state index >= 15 is 0 Å². The van der Waals surface area contributed by atoms with Crippen LogP contribution in [0.2, 0.25) is 0 Å². The summed E-state index contributed by atoms with van der Waals surface area (Å²) in [4.78, 5) is 20.5. The van der Waals surface area contributed by atoms with Gasteiger partial charge in [0, 0.05) is 38.9 Å². The molecule has 0 spiro atoms. The molecule has 0 bridgehead atoms. The first-order chi connectivity index (χ1) is 10.7. The first kappa shape index (κ1) is 15.4. The van der Waals surface area contributed by atoms with Gasteiger partial charge in [0.1, 0.15) is 0 Å². The van der Waals surface area contributed by atoms with E-state index in [-0.39, 0.29) is 6.10 Å². The average Bonchev–Trinajstić information content (AvgIpc) is 2.53. The van der Waals surface area contributed by atoms with Gasteiger partial charge < -0.3 is 9.64 Å². The molecule has 1 saturated heterocycles. The number of morpholine rings is 1. The molecule has 0 aromatic carbocycles. The Morgan fingerprint density at radius 3 is 3.18 bits per heavy atom. The smallest absolute Gasteiger partial charge is 0.276 e. The summed E-state index contributed by atoms with van der Waals surface area (Å²) in [5, 5.41) is 8.68. The second-order valence-electron chi connectivity index (χ2n) is 6.01. The van der Waals surface area contributed by atoms with Crippen LogP contribution in [0, 0.1) is 0 Å². The number of hydroxylamine groups is 1.